The van der Waals surface area contributed by atoms with Gasteiger partial charge < -0.3 is 19.6 Å². The van der Waals surface area contributed by atoms with Gasteiger partial charge in [-0.15, -0.1) is 0 Å². The Morgan fingerprint density at radius 3 is 2.81 bits per heavy atom. The van der Waals surface area contributed by atoms with E-state index in [1.807, 2.05) is 12.1 Å². The largest absolute Gasteiger partial charge is 0.454 e. The number of hydrogen-bond acceptors (Lipinski definition) is 7. The first-order chi connectivity index (χ1) is 10.3. The monoisotopic (exact) mass is 286 g/mol. The van der Waals surface area contributed by atoms with Crippen LogP contribution in [0.4, 0.5) is 5.82 Å². The summed E-state index contributed by atoms with van der Waals surface area (Å²) in [6.07, 6.45) is 2.22. The van der Waals surface area contributed by atoms with Gasteiger partial charge in [-0.1, -0.05) is 0 Å². The SMILES string of the molecule is NNc1cc(Oc2ccc3c(c2)OCO3)nc(C2CC2)n1. The van der Waals surface area contributed by atoms with Gasteiger partial charge in [-0.2, -0.15) is 4.98 Å². The number of nitrogens with one attached hydrogen (secondary N) is 1. The van der Waals surface area contributed by atoms with Gasteiger partial charge in [-0.05, 0) is 25.0 Å². The molecule has 1 aliphatic heterocycles. The topological polar surface area (TPSA) is 91.5 Å². The van der Waals surface area contributed by atoms with Gasteiger partial charge in [0.25, 0.3) is 0 Å². The number of aromatic nitrogens is 2. The van der Waals surface area contributed by atoms with E-state index in [0.717, 1.165) is 18.7 Å². The van der Waals surface area contributed by atoms with Crippen LogP contribution in [0.2, 0.25) is 0 Å². The molecule has 1 fully saturated rings. The summed E-state index contributed by atoms with van der Waals surface area (Å²) >= 11 is 0. The smallest absolute Gasteiger partial charge is 0.231 e. The number of nitrogens with zero attached hydrogens (tertiary/aromatic N) is 2. The number of benzene rings is 1. The minimum absolute atomic E-state index is 0.235. The molecule has 21 heavy (non-hydrogen) atoms. The quantitative estimate of drug-likeness (QED) is 0.657. The van der Waals surface area contributed by atoms with Crippen molar-refractivity contribution in [2.75, 3.05) is 12.2 Å². The second-order valence-electron chi connectivity index (χ2n) is 4.99. The van der Waals surface area contributed by atoms with Crippen LogP contribution in [0.3, 0.4) is 0 Å². The minimum atomic E-state index is 0.235. The Bertz CT molecular complexity index is 688. The third kappa shape index (κ3) is 2.43. The van der Waals surface area contributed by atoms with Crippen molar-refractivity contribution in [1.29, 1.82) is 0 Å². The van der Waals surface area contributed by atoms with Crippen molar-refractivity contribution >= 4 is 5.82 Å². The van der Waals surface area contributed by atoms with Crippen LogP contribution < -0.4 is 25.5 Å². The molecular weight excluding hydrogens is 272 g/mol. The summed E-state index contributed by atoms with van der Waals surface area (Å²) in [5.74, 6) is 9.63. The highest BCUT2D eigenvalue weighted by Gasteiger charge is 2.27. The van der Waals surface area contributed by atoms with Crippen LogP contribution in [0.15, 0.2) is 24.3 Å². The maximum absolute atomic E-state index is 5.78. The Balaban J connectivity index is 1.62. The fourth-order valence-electron chi connectivity index (χ4n) is 2.15. The lowest BCUT2D eigenvalue weighted by Gasteiger charge is -2.09. The molecule has 0 atom stereocenters. The predicted octanol–water partition coefficient (Wildman–Crippen LogP) is 2.16. The molecule has 0 unspecified atom stereocenters. The molecular formula is C14H14N4O3. The molecule has 1 aromatic carbocycles. The molecule has 4 rings (SSSR count). The van der Waals surface area contributed by atoms with Gasteiger partial charge in [-0.25, -0.2) is 10.8 Å². The van der Waals surface area contributed by atoms with Crippen molar-refractivity contribution in [3.63, 3.8) is 0 Å². The number of hydrazine groups is 1. The Morgan fingerprint density at radius 2 is 2.00 bits per heavy atom. The first-order valence-electron chi connectivity index (χ1n) is 6.75. The minimum Gasteiger partial charge on any atom is -0.454 e. The maximum atomic E-state index is 5.78. The molecule has 7 heteroatoms. The predicted molar refractivity (Wildman–Crippen MR) is 74.5 cm³/mol. The Labute approximate surface area is 121 Å². The molecule has 0 radical (unpaired) electrons. The van der Waals surface area contributed by atoms with Crippen molar-refractivity contribution in [1.82, 2.24) is 9.97 Å². The third-order valence-corrected chi connectivity index (χ3v) is 3.38. The van der Waals surface area contributed by atoms with Crippen molar-refractivity contribution in [2.45, 2.75) is 18.8 Å². The second kappa shape index (κ2) is 4.78. The molecule has 3 N–H and O–H groups in total. The van der Waals surface area contributed by atoms with Gasteiger partial charge in [0.15, 0.2) is 11.5 Å². The molecule has 7 nitrogen and oxygen atoms in total. The Morgan fingerprint density at radius 1 is 1.14 bits per heavy atom. The second-order valence-corrected chi connectivity index (χ2v) is 4.99. The van der Waals surface area contributed by atoms with Crippen LogP contribution in [0.1, 0.15) is 24.6 Å². The van der Waals surface area contributed by atoms with E-state index in [2.05, 4.69) is 15.4 Å². The summed E-state index contributed by atoms with van der Waals surface area (Å²) in [6.45, 7) is 0.235. The van der Waals surface area contributed by atoms with Crippen molar-refractivity contribution in [3.05, 3.63) is 30.1 Å². The zero-order valence-electron chi connectivity index (χ0n) is 11.2. The van der Waals surface area contributed by atoms with Gasteiger partial charge in [0, 0.05) is 18.1 Å². The number of nitrogens with two attached hydrogens (primary N) is 1. The van der Waals surface area contributed by atoms with Crippen LogP contribution in [0.5, 0.6) is 23.1 Å². The molecule has 1 aromatic heterocycles. The molecule has 1 aliphatic carbocycles. The standard InChI is InChI=1S/C14H14N4O3/c15-18-12-6-13(17-14(16-12)8-1-2-8)21-9-3-4-10-11(5-9)20-7-19-10/h3-6,8H,1-2,7,15H2,(H,16,17,18). The van der Waals surface area contributed by atoms with E-state index in [4.69, 9.17) is 20.1 Å². The van der Waals surface area contributed by atoms with E-state index in [0.29, 0.717) is 34.9 Å². The highest BCUT2D eigenvalue weighted by Crippen LogP contribution is 2.40. The number of rotatable bonds is 4. The summed E-state index contributed by atoms with van der Waals surface area (Å²) in [5, 5.41) is 0. The lowest BCUT2D eigenvalue weighted by molar-refractivity contribution is 0.174. The maximum Gasteiger partial charge on any atom is 0.231 e. The normalized spacial score (nSPS) is 15.9. The molecule has 0 spiro atoms. The van der Waals surface area contributed by atoms with E-state index in [1.165, 1.54) is 0 Å². The van der Waals surface area contributed by atoms with E-state index in [1.54, 1.807) is 12.1 Å². The highest BCUT2D eigenvalue weighted by molar-refractivity contribution is 5.48. The van der Waals surface area contributed by atoms with Crippen molar-refractivity contribution in [3.8, 4) is 23.1 Å². The van der Waals surface area contributed by atoms with Crippen molar-refractivity contribution in [2.24, 2.45) is 5.84 Å². The summed E-state index contributed by atoms with van der Waals surface area (Å²) in [6, 6.07) is 7.05. The fourth-order valence-corrected chi connectivity index (χ4v) is 2.15. The third-order valence-electron chi connectivity index (χ3n) is 3.38. The van der Waals surface area contributed by atoms with Gasteiger partial charge in [0.1, 0.15) is 17.4 Å². The van der Waals surface area contributed by atoms with E-state index < -0.39 is 0 Å². The van der Waals surface area contributed by atoms with Crippen molar-refractivity contribution < 1.29 is 14.2 Å². The molecule has 2 aliphatic rings. The van der Waals surface area contributed by atoms with E-state index in [-0.39, 0.29) is 6.79 Å². The van der Waals surface area contributed by atoms with Gasteiger partial charge in [0.2, 0.25) is 12.7 Å². The summed E-state index contributed by atoms with van der Waals surface area (Å²) in [4.78, 5) is 8.77. The Kier molecular flexibility index (Phi) is 2.78. The van der Waals surface area contributed by atoms with E-state index >= 15 is 0 Å². The van der Waals surface area contributed by atoms with Gasteiger partial charge >= 0.3 is 0 Å². The fraction of sp³-hybridized carbons (Fsp3) is 0.286. The summed E-state index contributed by atoms with van der Waals surface area (Å²) in [5.41, 5.74) is 2.54. The van der Waals surface area contributed by atoms with Crippen LogP contribution in [0, 0.1) is 0 Å². The first kappa shape index (κ1) is 12.2. The van der Waals surface area contributed by atoms with Crippen LogP contribution in [-0.4, -0.2) is 16.8 Å². The average molecular weight is 286 g/mol. The van der Waals surface area contributed by atoms with Gasteiger partial charge in [0.05, 0.1) is 0 Å². The lowest BCUT2D eigenvalue weighted by atomic mass is 10.3. The molecule has 2 heterocycles. The number of anilines is 1. The number of fused-ring (bicyclic) bond motifs is 1. The van der Waals surface area contributed by atoms with Gasteiger partial charge in [-0.3, -0.25) is 0 Å². The number of nitrogen functional groups attached to an aromatic ring is 1. The molecule has 2 aromatic rings. The van der Waals surface area contributed by atoms with Crippen LogP contribution >= 0.6 is 0 Å². The Hall–Kier alpha value is -2.54. The van der Waals surface area contributed by atoms with Crippen LogP contribution in [0.25, 0.3) is 0 Å². The number of ether oxygens (including phenoxy) is 3. The van der Waals surface area contributed by atoms with E-state index in [9.17, 15) is 0 Å². The number of hydrogen-bond donors (Lipinski definition) is 2. The molecule has 108 valence electrons. The molecule has 0 bridgehead atoms. The molecule has 0 amide bonds. The molecule has 1 saturated carbocycles. The lowest BCUT2D eigenvalue weighted by Crippen LogP contribution is -2.10. The zero-order chi connectivity index (χ0) is 14.2. The average Bonchev–Trinajstić information content (AvgIpc) is 3.25. The summed E-state index contributed by atoms with van der Waals surface area (Å²) in [7, 11) is 0. The zero-order valence-corrected chi connectivity index (χ0v) is 11.2. The first-order valence-corrected chi connectivity index (χ1v) is 6.75. The summed E-state index contributed by atoms with van der Waals surface area (Å²) < 4.78 is 16.4. The molecule has 0 saturated heterocycles. The highest BCUT2D eigenvalue weighted by atomic mass is 16.7. The van der Waals surface area contributed by atoms with Crippen LogP contribution in [-0.2, 0) is 0 Å².